The number of amides is 4. The molecule has 2 aliphatic heterocycles. The van der Waals surface area contributed by atoms with E-state index in [0.29, 0.717) is 18.2 Å². The zero-order chi connectivity index (χ0) is 29.7. The summed E-state index contributed by atoms with van der Waals surface area (Å²) < 4.78 is 0. The van der Waals surface area contributed by atoms with Crippen LogP contribution in [0.5, 0.6) is 0 Å². The van der Waals surface area contributed by atoms with E-state index in [1.807, 2.05) is 12.3 Å². The molecule has 7 rings (SSSR count). The molecule has 218 valence electrons. The third-order valence-corrected chi connectivity index (χ3v) is 8.64. The van der Waals surface area contributed by atoms with E-state index < -0.39 is 29.7 Å². The van der Waals surface area contributed by atoms with Crippen molar-refractivity contribution in [3.8, 4) is 0 Å². The van der Waals surface area contributed by atoms with Gasteiger partial charge in [-0.2, -0.15) is 0 Å². The van der Waals surface area contributed by atoms with Crippen molar-refractivity contribution in [2.45, 2.75) is 50.6 Å². The van der Waals surface area contributed by atoms with E-state index in [1.54, 1.807) is 36.8 Å². The summed E-state index contributed by atoms with van der Waals surface area (Å²) in [6.45, 7) is 0.704. The van der Waals surface area contributed by atoms with Gasteiger partial charge < -0.3 is 16.0 Å². The Hall–Kier alpha value is -5.00. The fraction of sp³-hybridized carbons (Fsp3) is 0.355. The highest BCUT2D eigenvalue weighted by Crippen LogP contribution is 2.36. The highest BCUT2D eigenvalue weighted by Gasteiger charge is 2.44. The maximum atomic E-state index is 13.1. The lowest BCUT2D eigenvalue weighted by Crippen LogP contribution is -2.54. The van der Waals surface area contributed by atoms with Gasteiger partial charge in [-0.1, -0.05) is 0 Å². The van der Waals surface area contributed by atoms with E-state index in [9.17, 15) is 19.2 Å². The number of carbonyl (C=O) groups is 4. The molecule has 0 bridgehead atoms. The monoisotopic (exact) mass is 578 g/mol. The van der Waals surface area contributed by atoms with Gasteiger partial charge in [0.05, 0.1) is 28.5 Å². The van der Waals surface area contributed by atoms with E-state index in [1.165, 1.54) is 0 Å². The van der Waals surface area contributed by atoms with Crippen molar-refractivity contribution in [1.29, 1.82) is 5.41 Å². The van der Waals surface area contributed by atoms with Gasteiger partial charge in [-0.25, -0.2) is 0 Å². The van der Waals surface area contributed by atoms with Gasteiger partial charge in [0.25, 0.3) is 11.8 Å². The molecule has 12 nitrogen and oxygen atoms in total. The van der Waals surface area contributed by atoms with Gasteiger partial charge in [0.15, 0.2) is 0 Å². The average Bonchev–Trinajstić information content (AvgIpc) is 3.81. The molecule has 12 heteroatoms. The number of fused-ring (bicyclic) bond motifs is 2. The SMILES string of the molecule is N=C(/C(=C\N[C@H]1C[C@H](CNc2ccc3c(c2)C(=O)N(C2CCC(=O)NC2=O)C3=O)C1)c1cc2nccnc2cn1)C1CC1. The first-order valence-corrected chi connectivity index (χ1v) is 14.6. The summed E-state index contributed by atoms with van der Waals surface area (Å²) in [4.78, 5) is 64.0. The van der Waals surface area contributed by atoms with Gasteiger partial charge in [-0.15, -0.1) is 0 Å². The number of hydrogen-bond donors (Lipinski definition) is 4. The summed E-state index contributed by atoms with van der Waals surface area (Å²) in [6.07, 6.45) is 11.1. The number of rotatable bonds is 9. The van der Waals surface area contributed by atoms with Crippen LogP contribution < -0.4 is 16.0 Å². The van der Waals surface area contributed by atoms with Crippen LogP contribution in [0.3, 0.4) is 0 Å². The largest absolute Gasteiger partial charge is 0.388 e. The molecular formula is C31H30N8O4. The summed E-state index contributed by atoms with van der Waals surface area (Å²) in [5.74, 6) is -1.36. The first-order chi connectivity index (χ1) is 20.9. The molecule has 1 aromatic carbocycles. The van der Waals surface area contributed by atoms with Gasteiger partial charge in [0.2, 0.25) is 11.8 Å². The third kappa shape index (κ3) is 5.13. The maximum Gasteiger partial charge on any atom is 0.262 e. The fourth-order valence-electron chi connectivity index (χ4n) is 5.98. The summed E-state index contributed by atoms with van der Waals surface area (Å²) >= 11 is 0. The minimum absolute atomic E-state index is 0.0868. The number of benzene rings is 1. The van der Waals surface area contributed by atoms with Crippen molar-refractivity contribution in [1.82, 2.24) is 30.5 Å². The van der Waals surface area contributed by atoms with Gasteiger partial charge in [-0.3, -0.25) is 44.3 Å². The quantitative estimate of drug-likeness (QED) is 0.220. The Balaban J connectivity index is 0.959. The van der Waals surface area contributed by atoms with Crippen molar-refractivity contribution in [2.24, 2.45) is 11.8 Å². The standard InChI is InChI=1S/C31H30N8O4/c32-28(17-1-2-17)22(23-12-24-25(15-37-23)34-8-7-33-24)14-36-19-9-16(10-19)13-35-18-3-4-20-21(11-18)31(43)39(30(20)42)26-5-6-27(40)38-29(26)41/h3-4,7-8,11-12,14-17,19,26,32,35-36H,1-2,5-6,9-10,13H2,(H,38,40,41)/b22-14-,32-28?/t16-,19-,26?. The third-order valence-electron chi connectivity index (χ3n) is 8.64. The van der Waals surface area contributed by atoms with Crippen LogP contribution in [0.15, 0.2) is 49.1 Å². The molecule has 4 amide bonds. The molecule has 4 aliphatic rings. The van der Waals surface area contributed by atoms with Gasteiger partial charge in [-0.05, 0) is 62.3 Å². The Morgan fingerprint density at radius 1 is 0.977 bits per heavy atom. The van der Waals surface area contributed by atoms with E-state index in [4.69, 9.17) is 5.41 Å². The van der Waals surface area contributed by atoms with E-state index >= 15 is 0 Å². The summed E-state index contributed by atoms with van der Waals surface area (Å²) in [5.41, 5.74) is 4.83. The van der Waals surface area contributed by atoms with E-state index in [-0.39, 0.29) is 35.9 Å². The van der Waals surface area contributed by atoms with E-state index in [0.717, 1.165) is 58.6 Å². The van der Waals surface area contributed by atoms with Crippen LogP contribution >= 0.6 is 0 Å². The number of nitrogens with one attached hydrogen (secondary N) is 4. The zero-order valence-electron chi connectivity index (χ0n) is 23.3. The van der Waals surface area contributed by atoms with Crippen molar-refractivity contribution >= 4 is 51.6 Å². The lowest BCUT2D eigenvalue weighted by atomic mass is 9.80. The Labute approximate surface area is 246 Å². The van der Waals surface area contributed by atoms with Crippen LogP contribution in [0, 0.1) is 17.2 Å². The molecule has 43 heavy (non-hydrogen) atoms. The van der Waals surface area contributed by atoms with Crippen LogP contribution in [-0.4, -0.2) is 67.8 Å². The molecule has 0 spiro atoms. The first kappa shape index (κ1) is 26.9. The Morgan fingerprint density at radius 3 is 2.51 bits per heavy atom. The fourth-order valence-corrected chi connectivity index (χ4v) is 5.98. The molecule has 0 radical (unpaired) electrons. The van der Waals surface area contributed by atoms with Crippen molar-refractivity contribution in [3.63, 3.8) is 0 Å². The summed E-state index contributed by atoms with van der Waals surface area (Å²) in [7, 11) is 0. The number of hydrogen-bond acceptors (Lipinski definition) is 10. The van der Waals surface area contributed by atoms with Crippen molar-refractivity contribution in [3.05, 3.63) is 65.9 Å². The molecule has 2 aliphatic carbocycles. The molecule has 2 saturated carbocycles. The van der Waals surface area contributed by atoms with Crippen molar-refractivity contribution in [2.75, 3.05) is 11.9 Å². The second-order valence-corrected chi connectivity index (χ2v) is 11.7. The van der Waals surface area contributed by atoms with Crippen LogP contribution in [0.2, 0.25) is 0 Å². The zero-order valence-corrected chi connectivity index (χ0v) is 23.3. The van der Waals surface area contributed by atoms with Crippen LogP contribution in [0.4, 0.5) is 5.69 Å². The molecule has 2 aromatic heterocycles. The highest BCUT2D eigenvalue weighted by molar-refractivity contribution is 6.24. The molecule has 1 unspecified atom stereocenters. The highest BCUT2D eigenvalue weighted by atomic mass is 16.2. The predicted octanol–water partition coefficient (Wildman–Crippen LogP) is 2.68. The Bertz CT molecular complexity index is 1730. The second kappa shape index (κ2) is 10.7. The summed E-state index contributed by atoms with van der Waals surface area (Å²) in [5, 5.41) is 17.8. The number of piperidine rings is 1. The number of pyridine rings is 1. The number of aromatic nitrogens is 3. The molecular weight excluding hydrogens is 548 g/mol. The van der Waals surface area contributed by atoms with Gasteiger partial charge in [0.1, 0.15) is 11.6 Å². The molecule has 3 fully saturated rings. The van der Waals surface area contributed by atoms with Crippen LogP contribution in [-0.2, 0) is 9.59 Å². The maximum absolute atomic E-state index is 13.1. The normalized spacial score (nSPS) is 23.6. The minimum atomic E-state index is -0.978. The minimum Gasteiger partial charge on any atom is -0.388 e. The predicted molar refractivity (Wildman–Crippen MR) is 157 cm³/mol. The lowest BCUT2D eigenvalue weighted by molar-refractivity contribution is -0.136. The topological polar surface area (TPSA) is 170 Å². The first-order valence-electron chi connectivity index (χ1n) is 14.6. The smallest absolute Gasteiger partial charge is 0.262 e. The van der Waals surface area contributed by atoms with Crippen LogP contribution in [0.25, 0.3) is 16.6 Å². The number of carbonyl (C=O) groups excluding carboxylic acids is 4. The average molecular weight is 579 g/mol. The molecule has 1 atom stereocenters. The Kier molecular flexibility index (Phi) is 6.68. The van der Waals surface area contributed by atoms with Gasteiger partial charge >= 0.3 is 0 Å². The number of allylic oxidation sites excluding steroid dienone is 1. The second-order valence-electron chi connectivity index (χ2n) is 11.7. The molecule has 1 saturated heterocycles. The molecule has 3 aromatic rings. The van der Waals surface area contributed by atoms with Crippen LogP contribution in [0.1, 0.15) is 64.9 Å². The lowest BCUT2D eigenvalue weighted by Gasteiger charge is -2.36. The van der Waals surface area contributed by atoms with Crippen molar-refractivity contribution < 1.29 is 19.2 Å². The summed E-state index contributed by atoms with van der Waals surface area (Å²) in [6, 6.07) is 6.23. The molecule has 4 heterocycles. The number of anilines is 1. The molecule has 4 N–H and O–H groups in total. The number of nitrogens with zero attached hydrogens (tertiary/aromatic N) is 4. The van der Waals surface area contributed by atoms with Gasteiger partial charge in [0, 0.05) is 60.5 Å². The number of imide groups is 2. The van der Waals surface area contributed by atoms with E-state index in [2.05, 4.69) is 30.9 Å². The Morgan fingerprint density at radius 2 is 1.74 bits per heavy atom.